The van der Waals surface area contributed by atoms with E-state index in [9.17, 15) is 0 Å². The van der Waals surface area contributed by atoms with Gasteiger partial charge in [-0.1, -0.05) is 170 Å². The maximum Gasteiger partial charge on any atom is 0.0470 e. The van der Waals surface area contributed by atoms with E-state index in [4.69, 9.17) is 0 Å². The number of rotatable bonds is 4. The Hall–Kier alpha value is -7.03. The van der Waals surface area contributed by atoms with Crippen LogP contribution >= 0.6 is 0 Å². The standard InChI is InChI=1S/C32H20.C19H14N2/c1-3-11-22(12-4-1)29-24-17-7-8-18-25(24)30(23-13-5-2-6-14-23)32-27-20-10-16-21-15-9-19-26(28(21)27)31(29)32;1-2-6-16-14(5-1)13-19(18-8-4-3-7-17(16)18)21-15-9-11-20-12-10-15/h1-20H;1-13H,(H,20,21). The molecule has 9 aromatic carbocycles. The Kier molecular flexibility index (Phi) is 7.51. The van der Waals surface area contributed by atoms with Gasteiger partial charge in [-0.3, -0.25) is 4.98 Å². The first-order valence-corrected chi connectivity index (χ1v) is 18.1. The number of nitrogens with zero attached hydrogens (tertiary/aromatic N) is 1. The van der Waals surface area contributed by atoms with Gasteiger partial charge in [-0.25, -0.2) is 0 Å². The third-order valence-electron chi connectivity index (χ3n) is 10.5. The molecule has 10 aromatic rings. The predicted octanol–water partition coefficient (Wildman–Crippen LogP) is 14.1. The SMILES string of the molecule is c1ccc(-c2c3c(c(-c4ccccc4)c4ccccc24)-c2cccc4cccc-3c24)cc1.c1ccc2c(c1)cc(Nc1ccncc1)c1ccccc12. The molecule has 1 heterocycles. The van der Waals surface area contributed by atoms with Crippen LogP contribution in [0.5, 0.6) is 0 Å². The van der Waals surface area contributed by atoms with E-state index in [1.54, 1.807) is 12.4 Å². The van der Waals surface area contributed by atoms with Crippen LogP contribution in [0.2, 0.25) is 0 Å². The van der Waals surface area contributed by atoms with Crippen LogP contribution in [0.25, 0.3) is 87.6 Å². The van der Waals surface area contributed by atoms with Crippen molar-refractivity contribution in [2.45, 2.75) is 0 Å². The second kappa shape index (κ2) is 12.9. The van der Waals surface area contributed by atoms with Crippen molar-refractivity contribution in [1.82, 2.24) is 4.98 Å². The van der Waals surface area contributed by atoms with Crippen molar-refractivity contribution in [2.75, 3.05) is 5.32 Å². The minimum Gasteiger partial charge on any atom is -0.355 e. The van der Waals surface area contributed by atoms with Crippen LogP contribution in [0.4, 0.5) is 11.4 Å². The Balaban J connectivity index is 0.000000144. The summed E-state index contributed by atoms with van der Waals surface area (Å²) in [5.74, 6) is 0. The lowest BCUT2D eigenvalue weighted by Crippen LogP contribution is -1.93. The summed E-state index contributed by atoms with van der Waals surface area (Å²) in [7, 11) is 0. The van der Waals surface area contributed by atoms with Crippen LogP contribution in [-0.2, 0) is 0 Å². The van der Waals surface area contributed by atoms with E-state index in [1.165, 1.54) is 87.6 Å². The lowest BCUT2D eigenvalue weighted by Gasteiger charge is -2.20. The molecule has 0 unspecified atom stereocenters. The van der Waals surface area contributed by atoms with Crippen molar-refractivity contribution >= 4 is 54.5 Å². The molecule has 0 bridgehead atoms. The van der Waals surface area contributed by atoms with Gasteiger partial charge in [0.25, 0.3) is 0 Å². The number of pyridine rings is 1. The zero-order valence-electron chi connectivity index (χ0n) is 29.0. The zero-order chi connectivity index (χ0) is 35.1. The first-order chi connectivity index (χ1) is 26.3. The topological polar surface area (TPSA) is 24.9 Å². The Morgan fingerprint density at radius 1 is 0.340 bits per heavy atom. The second-order valence-corrected chi connectivity index (χ2v) is 13.5. The molecule has 0 fully saturated rings. The summed E-state index contributed by atoms with van der Waals surface area (Å²) in [5, 5.41) is 13.8. The molecule has 1 aromatic heterocycles. The van der Waals surface area contributed by atoms with Gasteiger partial charge >= 0.3 is 0 Å². The highest BCUT2D eigenvalue weighted by Gasteiger charge is 2.30. The molecule has 53 heavy (non-hydrogen) atoms. The first-order valence-electron chi connectivity index (χ1n) is 18.1. The van der Waals surface area contributed by atoms with Gasteiger partial charge < -0.3 is 5.32 Å². The highest BCUT2D eigenvalue weighted by atomic mass is 14.9. The number of fused-ring (bicyclic) bond motifs is 7. The molecule has 0 aliphatic heterocycles. The summed E-state index contributed by atoms with van der Waals surface area (Å²) in [6.45, 7) is 0. The summed E-state index contributed by atoms with van der Waals surface area (Å²) >= 11 is 0. The van der Waals surface area contributed by atoms with Gasteiger partial charge in [0.15, 0.2) is 0 Å². The summed E-state index contributed by atoms with van der Waals surface area (Å²) in [4.78, 5) is 4.06. The van der Waals surface area contributed by atoms with E-state index >= 15 is 0 Å². The van der Waals surface area contributed by atoms with Gasteiger partial charge in [0.2, 0.25) is 0 Å². The average molecular weight is 675 g/mol. The quantitative estimate of drug-likeness (QED) is 0.188. The Bertz CT molecular complexity index is 2830. The van der Waals surface area contributed by atoms with Crippen LogP contribution in [0.1, 0.15) is 0 Å². The summed E-state index contributed by atoms with van der Waals surface area (Å²) < 4.78 is 0. The molecule has 11 rings (SSSR count). The fourth-order valence-corrected chi connectivity index (χ4v) is 8.29. The Labute approximate surface area is 308 Å². The summed E-state index contributed by atoms with van der Waals surface area (Å²) in [6, 6.07) is 67.3. The number of hydrogen-bond donors (Lipinski definition) is 1. The monoisotopic (exact) mass is 674 g/mol. The summed E-state index contributed by atoms with van der Waals surface area (Å²) in [6.07, 6.45) is 3.59. The number of hydrogen-bond acceptors (Lipinski definition) is 2. The normalized spacial score (nSPS) is 11.4. The molecule has 0 saturated carbocycles. The molecule has 0 spiro atoms. The first kappa shape index (κ1) is 30.8. The van der Waals surface area contributed by atoms with Crippen LogP contribution in [0.3, 0.4) is 0 Å². The third kappa shape index (κ3) is 5.23. The maximum atomic E-state index is 4.06. The molecule has 2 heteroatoms. The third-order valence-corrected chi connectivity index (χ3v) is 10.5. The van der Waals surface area contributed by atoms with Crippen molar-refractivity contribution in [3.05, 3.63) is 200 Å². The van der Waals surface area contributed by atoms with Gasteiger partial charge in [-0.05, 0) is 100 Å². The van der Waals surface area contributed by atoms with Gasteiger partial charge in [0.1, 0.15) is 0 Å². The summed E-state index contributed by atoms with van der Waals surface area (Å²) in [5.41, 5.74) is 12.8. The van der Waals surface area contributed by atoms with E-state index in [0.717, 1.165) is 11.4 Å². The largest absolute Gasteiger partial charge is 0.355 e. The second-order valence-electron chi connectivity index (χ2n) is 13.5. The van der Waals surface area contributed by atoms with Gasteiger partial charge in [0.05, 0.1) is 0 Å². The van der Waals surface area contributed by atoms with Crippen molar-refractivity contribution in [3.63, 3.8) is 0 Å². The van der Waals surface area contributed by atoms with Crippen molar-refractivity contribution in [1.29, 1.82) is 0 Å². The fourth-order valence-electron chi connectivity index (χ4n) is 8.29. The molecule has 0 atom stereocenters. The number of anilines is 2. The number of nitrogens with one attached hydrogen (secondary N) is 1. The highest BCUT2D eigenvalue weighted by Crippen LogP contribution is 2.57. The van der Waals surface area contributed by atoms with E-state index in [-0.39, 0.29) is 0 Å². The van der Waals surface area contributed by atoms with E-state index < -0.39 is 0 Å². The van der Waals surface area contributed by atoms with Crippen molar-refractivity contribution in [2.24, 2.45) is 0 Å². The maximum absolute atomic E-state index is 4.06. The molecule has 2 nitrogen and oxygen atoms in total. The lowest BCUT2D eigenvalue weighted by molar-refractivity contribution is 1.33. The van der Waals surface area contributed by atoms with Gasteiger partial charge in [-0.15, -0.1) is 0 Å². The number of aromatic nitrogens is 1. The fraction of sp³-hybridized carbons (Fsp3) is 0. The molecule has 248 valence electrons. The van der Waals surface area contributed by atoms with Gasteiger partial charge in [-0.2, -0.15) is 0 Å². The van der Waals surface area contributed by atoms with E-state index in [2.05, 4.69) is 186 Å². The molecule has 1 aliphatic carbocycles. The molecular weight excluding hydrogens is 641 g/mol. The Morgan fingerprint density at radius 2 is 0.811 bits per heavy atom. The molecule has 0 amide bonds. The van der Waals surface area contributed by atoms with Crippen LogP contribution < -0.4 is 5.32 Å². The smallest absolute Gasteiger partial charge is 0.0470 e. The van der Waals surface area contributed by atoms with Crippen molar-refractivity contribution in [3.8, 4) is 44.5 Å². The van der Waals surface area contributed by atoms with E-state index in [0.29, 0.717) is 0 Å². The lowest BCUT2D eigenvalue weighted by atomic mass is 9.82. The molecule has 0 radical (unpaired) electrons. The molecule has 1 aliphatic rings. The number of benzene rings is 9. The minimum atomic E-state index is 1.05. The van der Waals surface area contributed by atoms with Crippen LogP contribution in [-0.4, -0.2) is 4.98 Å². The Morgan fingerprint density at radius 3 is 1.40 bits per heavy atom. The molecular formula is C51H34N2. The van der Waals surface area contributed by atoms with Crippen LogP contribution in [0.15, 0.2) is 200 Å². The molecule has 1 N–H and O–H groups in total. The van der Waals surface area contributed by atoms with E-state index in [1.807, 2.05) is 12.1 Å². The predicted molar refractivity (Wildman–Crippen MR) is 226 cm³/mol. The van der Waals surface area contributed by atoms with Gasteiger partial charge in [0, 0.05) is 29.2 Å². The average Bonchev–Trinajstić information content (AvgIpc) is 3.56. The van der Waals surface area contributed by atoms with Crippen LogP contribution in [0, 0.1) is 0 Å². The minimum absolute atomic E-state index is 1.05. The van der Waals surface area contributed by atoms with Crippen molar-refractivity contribution < 1.29 is 0 Å². The zero-order valence-corrected chi connectivity index (χ0v) is 29.0. The molecule has 0 saturated heterocycles. The highest BCUT2D eigenvalue weighted by molar-refractivity contribution is 6.27.